The van der Waals surface area contributed by atoms with Gasteiger partial charge >= 0.3 is 0 Å². The maximum atomic E-state index is 12.9. The number of rotatable bonds is 7. The largest absolute Gasteiger partial charge is 0.380 e. The third-order valence-electron chi connectivity index (χ3n) is 7.36. The molecule has 0 saturated carbocycles. The van der Waals surface area contributed by atoms with Gasteiger partial charge in [-0.15, -0.1) is 0 Å². The molecule has 0 aromatic heterocycles. The predicted octanol–water partition coefficient (Wildman–Crippen LogP) is 7.55. The topological polar surface area (TPSA) is 38.7 Å². The van der Waals surface area contributed by atoms with Gasteiger partial charge in [-0.1, -0.05) is 133 Å². The predicted molar refractivity (Wildman–Crippen MR) is 151 cm³/mol. The molecule has 0 aliphatic carbocycles. The fraction of sp³-hybridized carbons (Fsp3) is 0.143. The molecule has 3 nitrogen and oxygen atoms in total. The van der Waals surface area contributed by atoms with Gasteiger partial charge in [0.25, 0.3) is 0 Å². The van der Waals surface area contributed by atoms with Gasteiger partial charge in [0.05, 0.1) is 13.2 Å². The molecule has 1 aliphatic heterocycles. The van der Waals surface area contributed by atoms with Gasteiger partial charge in [-0.3, -0.25) is 0 Å². The lowest BCUT2D eigenvalue weighted by molar-refractivity contribution is -0.198. The maximum Gasteiger partial charge on any atom is 0.198 e. The summed E-state index contributed by atoms with van der Waals surface area (Å²) in [6, 6.07) is 46.7. The molecule has 0 amide bonds. The van der Waals surface area contributed by atoms with Crippen molar-refractivity contribution in [2.75, 3.05) is 13.2 Å². The Balaban J connectivity index is 1.57. The van der Waals surface area contributed by atoms with E-state index in [1.807, 2.05) is 97.1 Å². The average molecular weight is 499 g/mol. The van der Waals surface area contributed by atoms with E-state index >= 15 is 0 Å². The van der Waals surface area contributed by atoms with E-state index in [4.69, 9.17) is 9.47 Å². The highest BCUT2D eigenvalue weighted by atomic mass is 16.7. The first-order valence-corrected chi connectivity index (χ1v) is 13.0. The van der Waals surface area contributed by atoms with Gasteiger partial charge < -0.3 is 14.6 Å². The van der Waals surface area contributed by atoms with Gasteiger partial charge in [-0.25, -0.2) is 0 Å². The van der Waals surface area contributed by atoms with Crippen LogP contribution in [0.2, 0.25) is 0 Å². The highest BCUT2D eigenvalue weighted by Gasteiger charge is 2.48. The summed E-state index contributed by atoms with van der Waals surface area (Å²) in [5, 5.41) is 12.9. The fourth-order valence-corrected chi connectivity index (χ4v) is 5.49. The summed E-state index contributed by atoms with van der Waals surface area (Å²) in [4.78, 5) is 0. The van der Waals surface area contributed by atoms with E-state index < -0.39 is 11.4 Å². The normalized spacial score (nSPS) is 16.1. The molecular formula is C35H30O3. The zero-order valence-corrected chi connectivity index (χ0v) is 21.2. The number of aliphatic hydroxyl groups is 1. The van der Waals surface area contributed by atoms with Crippen molar-refractivity contribution >= 4 is 0 Å². The van der Waals surface area contributed by atoms with Gasteiger partial charge in [0.1, 0.15) is 5.60 Å². The minimum absolute atomic E-state index is 0.207. The molecule has 1 saturated heterocycles. The summed E-state index contributed by atoms with van der Waals surface area (Å²) in [7, 11) is 0. The standard InChI is InChI=1S/C35H30O3/c36-34(30-17-9-3-10-18-30,26-35(37-23-24-38-35)31-19-11-4-12-20-31)33-22-21-29(27-13-5-1-6-14-27)25-32(33)28-15-7-2-8-16-28/h1-22,25,36H,23-24,26H2. The molecule has 188 valence electrons. The van der Waals surface area contributed by atoms with E-state index in [0.29, 0.717) is 13.2 Å². The first-order chi connectivity index (χ1) is 18.7. The van der Waals surface area contributed by atoms with E-state index in [9.17, 15) is 5.11 Å². The molecule has 38 heavy (non-hydrogen) atoms. The van der Waals surface area contributed by atoms with Crippen LogP contribution in [0.5, 0.6) is 0 Å². The molecule has 0 spiro atoms. The van der Waals surface area contributed by atoms with Crippen molar-refractivity contribution in [3.8, 4) is 22.3 Å². The minimum Gasteiger partial charge on any atom is -0.380 e. The van der Waals surface area contributed by atoms with Crippen LogP contribution in [0, 0.1) is 0 Å². The number of hydrogen-bond acceptors (Lipinski definition) is 3. The van der Waals surface area contributed by atoms with Crippen LogP contribution in [-0.2, 0) is 20.9 Å². The first-order valence-electron chi connectivity index (χ1n) is 13.0. The fourth-order valence-electron chi connectivity index (χ4n) is 5.49. The van der Waals surface area contributed by atoms with E-state index in [1.54, 1.807) is 0 Å². The second-order valence-electron chi connectivity index (χ2n) is 9.71. The van der Waals surface area contributed by atoms with Gasteiger partial charge in [0.2, 0.25) is 0 Å². The summed E-state index contributed by atoms with van der Waals surface area (Å²) in [5.41, 5.74) is 5.33. The van der Waals surface area contributed by atoms with Crippen molar-refractivity contribution in [3.05, 3.63) is 156 Å². The summed E-state index contributed by atoms with van der Waals surface area (Å²) in [6.45, 7) is 0.941. The molecule has 1 aliphatic rings. The summed E-state index contributed by atoms with van der Waals surface area (Å²) >= 11 is 0. The quantitative estimate of drug-likeness (QED) is 0.252. The molecule has 6 rings (SSSR count). The van der Waals surface area contributed by atoms with Crippen LogP contribution < -0.4 is 0 Å². The van der Waals surface area contributed by atoms with Crippen molar-refractivity contribution in [2.24, 2.45) is 0 Å². The summed E-state index contributed by atoms with van der Waals surface area (Å²) in [6.07, 6.45) is 0.207. The van der Waals surface area contributed by atoms with Crippen LogP contribution in [-0.4, -0.2) is 18.3 Å². The van der Waals surface area contributed by atoms with Crippen LogP contribution in [0.15, 0.2) is 140 Å². The van der Waals surface area contributed by atoms with Crippen molar-refractivity contribution in [3.63, 3.8) is 0 Å². The molecule has 1 fully saturated rings. The average Bonchev–Trinajstić information content (AvgIpc) is 3.48. The Morgan fingerprint density at radius 2 is 1.11 bits per heavy atom. The van der Waals surface area contributed by atoms with E-state index in [1.165, 1.54) is 0 Å². The van der Waals surface area contributed by atoms with E-state index in [0.717, 1.165) is 38.9 Å². The van der Waals surface area contributed by atoms with Crippen LogP contribution in [0.1, 0.15) is 23.1 Å². The van der Waals surface area contributed by atoms with Gasteiger partial charge in [-0.05, 0) is 39.4 Å². The molecule has 1 atom stereocenters. The highest BCUT2D eigenvalue weighted by molar-refractivity contribution is 5.77. The second kappa shape index (κ2) is 10.4. The highest BCUT2D eigenvalue weighted by Crippen LogP contribution is 2.48. The van der Waals surface area contributed by atoms with Crippen molar-refractivity contribution in [2.45, 2.75) is 17.8 Å². The van der Waals surface area contributed by atoms with Crippen molar-refractivity contribution < 1.29 is 14.6 Å². The molecule has 5 aromatic carbocycles. The lowest BCUT2D eigenvalue weighted by Crippen LogP contribution is -2.40. The zero-order chi connectivity index (χ0) is 25.8. The van der Waals surface area contributed by atoms with E-state index in [2.05, 4.69) is 42.5 Å². The number of benzene rings is 5. The van der Waals surface area contributed by atoms with Crippen LogP contribution in [0.4, 0.5) is 0 Å². The lowest BCUT2D eigenvalue weighted by Gasteiger charge is -2.39. The zero-order valence-electron chi connectivity index (χ0n) is 21.2. The summed E-state index contributed by atoms with van der Waals surface area (Å²) in [5.74, 6) is -1.07. The maximum absolute atomic E-state index is 12.9. The van der Waals surface area contributed by atoms with Crippen LogP contribution in [0.25, 0.3) is 22.3 Å². The van der Waals surface area contributed by atoms with Gasteiger partial charge in [0, 0.05) is 12.0 Å². The molecule has 3 heteroatoms. The van der Waals surface area contributed by atoms with Crippen molar-refractivity contribution in [1.82, 2.24) is 0 Å². The monoisotopic (exact) mass is 498 g/mol. The molecule has 1 unspecified atom stereocenters. The van der Waals surface area contributed by atoms with Crippen LogP contribution in [0.3, 0.4) is 0 Å². The molecule has 0 radical (unpaired) electrons. The minimum atomic E-state index is -1.40. The van der Waals surface area contributed by atoms with Gasteiger partial charge in [-0.2, -0.15) is 0 Å². The molecular weight excluding hydrogens is 468 g/mol. The Morgan fingerprint density at radius 1 is 0.579 bits per heavy atom. The van der Waals surface area contributed by atoms with E-state index in [-0.39, 0.29) is 6.42 Å². The van der Waals surface area contributed by atoms with Crippen LogP contribution >= 0.6 is 0 Å². The lowest BCUT2D eigenvalue weighted by atomic mass is 9.76. The smallest absolute Gasteiger partial charge is 0.198 e. The molecule has 0 bridgehead atoms. The third-order valence-corrected chi connectivity index (χ3v) is 7.36. The Labute approximate surface area is 223 Å². The second-order valence-corrected chi connectivity index (χ2v) is 9.71. The number of hydrogen-bond donors (Lipinski definition) is 1. The van der Waals surface area contributed by atoms with Gasteiger partial charge in [0.15, 0.2) is 5.79 Å². The Morgan fingerprint density at radius 3 is 1.71 bits per heavy atom. The Hall–Kier alpha value is -4.02. The molecule has 1 N–H and O–H groups in total. The third kappa shape index (κ3) is 4.57. The molecule has 1 heterocycles. The SMILES string of the molecule is OC(CC1(c2ccccc2)OCCO1)(c1ccccc1)c1ccc(-c2ccccc2)cc1-c1ccccc1. The summed E-state index contributed by atoms with van der Waals surface area (Å²) < 4.78 is 12.6. The first kappa shape index (κ1) is 24.3. The van der Waals surface area contributed by atoms with Crippen molar-refractivity contribution in [1.29, 1.82) is 0 Å². The Kier molecular flexibility index (Phi) is 6.65. The Bertz CT molecular complexity index is 1480. The number of ether oxygens (including phenoxy) is 2. The molecule has 5 aromatic rings.